The number of benzene rings is 2. The molecule has 0 spiro atoms. The lowest BCUT2D eigenvalue weighted by Crippen LogP contribution is -2.19. The number of amides is 2. The molecular formula is C25H20ClN5O. The van der Waals surface area contributed by atoms with Gasteiger partial charge in [-0.05, 0) is 55.8 Å². The van der Waals surface area contributed by atoms with Gasteiger partial charge in [0.15, 0.2) is 0 Å². The molecule has 0 unspecified atom stereocenters. The molecule has 0 fully saturated rings. The predicted octanol–water partition coefficient (Wildman–Crippen LogP) is 6.53. The second-order valence-corrected chi connectivity index (χ2v) is 7.80. The Labute approximate surface area is 190 Å². The highest BCUT2D eigenvalue weighted by atomic mass is 35.5. The van der Waals surface area contributed by atoms with E-state index in [1.807, 2.05) is 56.3 Å². The molecule has 2 aromatic carbocycles. The van der Waals surface area contributed by atoms with Gasteiger partial charge in [0, 0.05) is 28.7 Å². The molecule has 3 N–H and O–H groups in total. The largest absolute Gasteiger partial charge is 0.353 e. The number of nitriles is 1. The molecule has 0 aliphatic carbocycles. The number of halogens is 1. The Kier molecular flexibility index (Phi) is 5.93. The molecule has 2 aromatic heterocycles. The maximum atomic E-state index is 12.2. The Morgan fingerprint density at radius 1 is 1.06 bits per heavy atom. The summed E-state index contributed by atoms with van der Waals surface area (Å²) in [6.45, 7) is 3.95. The van der Waals surface area contributed by atoms with E-state index >= 15 is 0 Å². The first-order valence-electron chi connectivity index (χ1n) is 9.94. The number of aryl methyl sites for hydroxylation is 2. The fourth-order valence-corrected chi connectivity index (χ4v) is 3.73. The number of nitrogens with zero attached hydrogens (tertiary/aromatic N) is 2. The maximum Gasteiger partial charge on any atom is 0.324 e. The Bertz CT molecular complexity index is 1300. The molecule has 0 atom stereocenters. The lowest BCUT2D eigenvalue weighted by Gasteiger charge is -2.08. The highest BCUT2D eigenvalue weighted by molar-refractivity contribution is 6.33. The van der Waals surface area contributed by atoms with E-state index in [4.69, 9.17) is 11.6 Å². The molecule has 0 saturated carbocycles. The van der Waals surface area contributed by atoms with Crippen molar-refractivity contribution in [3.05, 3.63) is 88.6 Å². The number of pyridine rings is 1. The summed E-state index contributed by atoms with van der Waals surface area (Å²) in [5.74, 6) is 0.394. The van der Waals surface area contributed by atoms with Crippen molar-refractivity contribution < 1.29 is 4.79 Å². The predicted molar refractivity (Wildman–Crippen MR) is 128 cm³/mol. The third-order valence-corrected chi connectivity index (χ3v) is 5.35. The van der Waals surface area contributed by atoms with Crippen molar-refractivity contribution in [2.24, 2.45) is 0 Å². The van der Waals surface area contributed by atoms with Crippen molar-refractivity contribution in [2.45, 2.75) is 13.8 Å². The van der Waals surface area contributed by atoms with Crippen molar-refractivity contribution in [1.29, 1.82) is 5.26 Å². The van der Waals surface area contributed by atoms with E-state index < -0.39 is 0 Å². The molecule has 2 heterocycles. The average Bonchev–Trinajstić information content (AvgIpc) is 3.20. The van der Waals surface area contributed by atoms with E-state index in [1.54, 1.807) is 24.4 Å². The second kappa shape index (κ2) is 8.96. The van der Waals surface area contributed by atoms with Gasteiger partial charge in [-0.15, -0.1) is 0 Å². The average molecular weight is 442 g/mol. The number of hydrogen-bond acceptors (Lipinski definition) is 3. The van der Waals surface area contributed by atoms with Gasteiger partial charge in [0.05, 0.1) is 16.3 Å². The van der Waals surface area contributed by atoms with Gasteiger partial charge in [-0.1, -0.05) is 41.4 Å². The number of carbonyl (C=O) groups is 1. The third kappa shape index (κ3) is 4.48. The topological polar surface area (TPSA) is 93.6 Å². The van der Waals surface area contributed by atoms with Crippen LogP contribution in [-0.2, 0) is 0 Å². The Morgan fingerprint density at radius 3 is 2.50 bits per heavy atom. The van der Waals surface area contributed by atoms with Crippen LogP contribution in [0.25, 0.3) is 22.5 Å². The minimum absolute atomic E-state index is 0.386. The molecule has 7 heteroatoms. The summed E-state index contributed by atoms with van der Waals surface area (Å²) in [6.07, 6.45) is 1.61. The fourth-order valence-electron chi connectivity index (χ4n) is 3.41. The normalized spacial score (nSPS) is 10.4. The second-order valence-electron chi connectivity index (χ2n) is 7.39. The van der Waals surface area contributed by atoms with Gasteiger partial charge in [-0.2, -0.15) is 5.26 Å². The number of rotatable bonds is 4. The highest BCUT2D eigenvalue weighted by Gasteiger charge is 2.15. The summed E-state index contributed by atoms with van der Waals surface area (Å²) in [6, 6.07) is 20.3. The van der Waals surface area contributed by atoms with Crippen molar-refractivity contribution in [3.8, 4) is 28.6 Å². The van der Waals surface area contributed by atoms with Gasteiger partial charge in [0.2, 0.25) is 0 Å². The van der Waals surface area contributed by atoms with Crippen LogP contribution in [0.5, 0.6) is 0 Å². The van der Waals surface area contributed by atoms with Crippen LogP contribution in [-0.4, -0.2) is 16.0 Å². The van der Waals surface area contributed by atoms with Crippen LogP contribution in [0.15, 0.2) is 66.9 Å². The van der Waals surface area contributed by atoms with Crippen LogP contribution in [0, 0.1) is 25.2 Å². The summed E-state index contributed by atoms with van der Waals surface area (Å²) in [5.41, 5.74) is 6.28. The van der Waals surface area contributed by atoms with Crippen LogP contribution >= 0.6 is 11.6 Å². The number of nitrogens with one attached hydrogen (secondary N) is 3. The van der Waals surface area contributed by atoms with Gasteiger partial charge in [0.25, 0.3) is 0 Å². The van der Waals surface area contributed by atoms with Crippen LogP contribution in [0.1, 0.15) is 16.7 Å². The zero-order valence-corrected chi connectivity index (χ0v) is 18.3. The fraction of sp³-hybridized carbons (Fsp3) is 0.0800. The van der Waals surface area contributed by atoms with Gasteiger partial charge >= 0.3 is 6.03 Å². The van der Waals surface area contributed by atoms with Crippen LogP contribution in [0.4, 0.5) is 16.3 Å². The summed E-state index contributed by atoms with van der Waals surface area (Å²) in [4.78, 5) is 19.8. The van der Waals surface area contributed by atoms with E-state index in [0.717, 1.165) is 27.9 Å². The number of hydrogen-bond donors (Lipinski definition) is 3. The standard InChI is InChI=1S/C25H20ClN5O/c1-15-6-9-19(10-7-15)29-25(32)31-22-11-8-17(14-28-22)24-18(13-27)12-21(30-24)23-16(2)4-3-5-20(23)26/h3-12,14,30H,1-2H3,(H2,28,29,31,32). The molecule has 158 valence electrons. The summed E-state index contributed by atoms with van der Waals surface area (Å²) in [7, 11) is 0. The molecule has 32 heavy (non-hydrogen) atoms. The first kappa shape index (κ1) is 21.2. The number of aromatic amines is 1. The number of aromatic nitrogens is 2. The van der Waals surface area contributed by atoms with E-state index in [0.29, 0.717) is 27.8 Å². The summed E-state index contributed by atoms with van der Waals surface area (Å²) >= 11 is 6.39. The minimum Gasteiger partial charge on any atom is -0.353 e. The molecule has 0 bridgehead atoms. The maximum absolute atomic E-state index is 12.2. The SMILES string of the molecule is Cc1ccc(NC(=O)Nc2ccc(-c3[nH]c(-c4c(C)cccc4Cl)cc3C#N)cn2)cc1. The molecule has 0 aliphatic rings. The van der Waals surface area contributed by atoms with Crippen LogP contribution in [0.2, 0.25) is 5.02 Å². The van der Waals surface area contributed by atoms with E-state index in [9.17, 15) is 10.1 Å². The van der Waals surface area contributed by atoms with Crippen molar-refractivity contribution in [2.75, 3.05) is 10.6 Å². The molecule has 0 saturated heterocycles. The van der Waals surface area contributed by atoms with Gasteiger partial charge in [0.1, 0.15) is 11.9 Å². The highest BCUT2D eigenvalue weighted by Crippen LogP contribution is 2.34. The lowest BCUT2D eigenvalue weighted by atomic mass is 10.1. The Morgan fingerprint density at radius 2 is 1.84 bits per heavy atom. The molecule has 0 aliphatic heterocycles. The van der Waals surface area contributed by atoms with Crippen LogP contribution in [0.3, 0.4) is 0 Å². The Balaban J connectivity index is 1.54. The first-order chi connectivity index (χ1) is 15.4. The van der Waals surface area contributed by atoms with Crippen molar-refractivity contribution in [1.82, 2.24) is 9.97 Å². The molecule has 0 radical (unpaired) electrons. The summed E-state index contributed by atoms with van der Waals surface area (Å²) in [5, 5.41) is 15.7. The minimum atomic E-state index is -0.386. The monoisotopic (exact) mass is 441 g/mol. The number of urea groups is 1. The molecule has 2 amide bonds. The van der Waals surface area contributed by atoms with Gasteiger partial charge < -0.3 is 10.3 Å². The van der Waals surface area contributed by atoms with Gasteiger partial charge in [-0.3, -0.25) is 5.32 Å². The quantitative estimate of drug-likeness (QED) is 0.336. The molecule has 4 rings (SSSR count). The molecule has 6 nitrogen and oxygen atoms in total. The van der Waals surface area contributed by atoms with E-state index in [-0.39, 0.29) is 6.03 Å². The lowest BCUT2D eigenvalue weighted by molar-refractivity contribution is 0.262. The molecule has 4 aromatic rings. The smallest absolute Gasteiger partial charge is 0.324 e. The third-order valence-electron chi connectivity index (χ3n) is 5.03. The molecular weight excluding hydrogens is 422 g/mol. The number of carbonyl (C=O) groups excluding carboxylic acids is 1. The van der Waals surface area contributed by atoms with Crippen molar-refractivity contribution in [3.63, 3.8) is 0 Å². The summed E-state index contributed by atoms with van der Waals surface area (Å²) < 4.78 is 0. The number of H-pyrrole nitrogens is 1. The van der Waals surface area contributed by atoms with Crippen LogP contribution < -0.4 is 10.6 Å². The van der Waals surface area contributed by atoms with E-state index in [2.05, 4.69) is 26.7 Å². The van der Waals surface area contributed by atoms with E-state index in [1.165, 1.54) is 0 Å². The zero-order valence-electron chi connectivity index (χ0n) is 17.5. The first-order valence-corrected chi connectivity index (χ1v) is 10.3. The number of anilines is 2. The Hall–Kier alpha value is -4.08. The van der Waals surface area contributed by atoms with Crippen molar-refractivity contribution >= 4 is 29.1 Å². The zero-order chi connectivity index (χ0) is 22.7. The van der Waals surface area contributed by atoms with Gasteiger partial charge in [-0.25, -0.2) is 9.78 Å².